The quantitative estimate of drug-likeness (QED) is 0.0438. The van der Waals surface area contributed by atoms with Crippen LogP contribution in [-0.2, 0) is 14.3 Å². The molecule has 2 N–H and O–H groups in total. The van der Waals surface area contributed by atoms with Crippen molar-refractivity contribution < 1.29 is 43.3 Å². The summed E-state index contributed by atoms with van der Waals surface area (Å²) in [6, 6.07) is 27.9. The van der Waals surface area contributed by atoms with Crippen LogP contribution in [-0.4, -0.2) is 65.7 Å². The minimum absolute atomic E-state index is 0.00967. The fourth-order valence-corrected chi connectivity index (χ4v) is 8.32. The van der Waals surface area contributed by atoms with Gasteiger partial charge >= 0.3 is 18.0 Å². The molecule has 13 nitrogen and oxygen atoms in total. The summed E-state index contributed by atoms with van der Waals surface area (Å²) >= 11 is 0. The number of amides is 4. The number of aromatic hydroxyl groups is 1. The molecule has 1 unspecified atom stereocenters. The largest absolute Gasteiger partial charge is 0.506 e. The summed E-state index contributed by atoms with van der Waals surface area (Å²) in [6.07, 6.45) is 11.9. The zero-order valence-corrected chi connectivity index (χ0v) is 40.6. The Morgan fingerprint density at radius 2 is 1.38 bits per heavy atom. The van der Waals surface area contributed by atoms with E-state index in [0.29, 0.717) is 29.1 Å². The van der Waals surface area contributed by atoms with E-state index in [1.165, 1.54) is 74.0 Å². The molecule has 360 valence electrons. The Labute approximate surface area is 400 Å². The molecule has 68 heavy (non-hydrogen) atoms. The molecule has 1 atom stereocenters. The number of carbonyl (C=O) groups is 5. The zero-order valence-electron chi connectivity index (χ0n) is 40.6. The Kier molecular flexibility index (Phi) is 16.9. The fourth-order valence-electron chi connectivity index (χ4n) is 8.32. The lowest BCUT2D eigenvalue weighted by molar-refractivity contribution is -0.154. The molecule has 13 heteroatoms. The Morgan fingerprint density at radius 1 is 0.765 bits per heavy atom. The Hall–Kier alpha value is -6.89. The smallest absolute Gasteiger partial charge is 0.350 e. The first kappa shape index (κ1) is 50.5. The lowest BCUT2D eigenvalue weighted by Crippen LogP contribution is -2.56. The first-order valence-corrected chi connectivity index (χ1v) is 23.8. The highest BCUT2D eigenvalue weighted by Gasteiger charge is 2.52. The highest BCUT2D eigenvalue weighted by molar-refractivity contribution is 6.13. The van der Waals surface area contributed by atoms with Gasteiger partial charge in [0.25, 0.3) is 11.8 Å². The van der Waals surface area contributed by atoms with Gasteiger partial charge in [0.15, 0.2) is 0 Å². The van der Waals surface area contributed by atoms with Crippen LogP contribution in [0, 0.1) is 12.3 Å². The van der Waals surface area contributed by atoms with Gasteiger partial charge in [0, 0.05) is 17.8 Å². The number of hydrazine groups is 1. The minimum Gasteiger partial charge on any atom is -0.506 e. The normalized spacial score (nSPS) is 14.8. The molecule has 1 aliphatic heterocycles. The third kappa shape index (κ3) is 12.2. The van der Waals surface area contributed by atoms with Gasteiger partial charge < -0.3 is 24.6 Å². The molecule has 0 aliphatic carbocycles. The molecule has 4 amide bonds. The summed E-state index contributed by atoms with van der Waals surface area (Å²) in [4.78, 5) is 71.0. The number of carbonyl (C=O) groups excluding carboxylic acids is 5. The van der Waals surface area contributed by atoms with Crippen molar-refractivity contribution in [3.8, 4) is 17.2 Å². The number of phenols is 1. The number of benzene rings is 5. The Balaban J connectivity index is 1.20. The van der Waals surface area contributed by atoms with Crippen molar-refractivity contribution in [3.05, 3.63) is 120 Å². The minimum atomic E-state index is -1.14. The summed E-state index contributed by atoms with van der Waals surface area (Å²) in [6.45, 7) is 11.4. The van der Waals surface area contributed by atoms with Crippen LogP contribution in [0.4, 0.5) is 21.9 Å². The molecule has 0 aromatic heterocycles. The van der Waals surface area contributed by atoms with Gasteiger partial charge in [0.1, 0.15) is 29.4 Å². The molecular formula is C55H66N4O9. The van der Waals surface area contributed by atoms with Crippen LogP contribution in [0.5, 0.6) is 17.2 Å². The van der Waals surface area contributed by atoms with Crippen molar-refractivity contribution >= 4 is 57.6 Å². The summed E-state index contributed by atoms with van der Waals surface area (Å²) in [7, 11) is 1.44. The molecule has 1 fully saturated rings. The number of nitrogens with one attached hydrogen (secondary N) is 1. The molecule has 0 radical (unpaired) electrons. The van der Waals surface area contributed by atoms with Crippen LogP contribution in [0.1, 0.15) is 132 Å². The third-order valence-electron chi connectivity index (χ3n) is 12.1. The number of rotatable bonds is 20. The third-order valence-corrected chi connectivity index (χ3v) is 12.1. The van der Waals surface area contributed by atoms with E-state index in [-0.39, 0.29) is 46.7 Å². The van der Waals surface area contributed by atoms with Crippen molar-refractivity contribution in [2.75, 3.05) is 35.5 Å². The molecule has 1 heterocycles. The van der Waals surface area contributed by atoms with Crippen molar-refractivity contribution in [2.45, 2.75) is 118 Å². The van der Waals surface area contributed by atoms with E-state index in [4.69, 9.17) is 14.2 Å². The molecule has 5 aromatic carbocycles. The van der Waals surface area contributed by atoms with Gasteiger partial charge in [-0.25, -0.2) is 9.59 Å². The first-order chi connectivity index (χ1) is 32.5. The summed E-state index contributed by atoms with van der Waals surface area (Å²) in [5.41, 5.74) is -0.129. The predicted molar refractivity (Wildman–Crippen MR) is 266 cm³/mol. The lowest BCUT2D eigenvalue weighted by atomic mass is 9.96. The number of hydrogen-bond acceptors (Lipinski definition) is 10. The van der Waals surface area contributed by atoms with Crippen molar-refractivity contribution in [1.29, 1.82) is 0 Å². The van der Waals surface area contributed by atoms with Crippen LogP contribution in [0.3, 0.4) is 0 Å². The van der Waals surface area contributed by atoms with Gasteiger partial charge in [-0.2, -0.15) is 5.01 Å². The number of ether oxygens (including phenoxy) is 3. The second-order valence-electron chi connectivity index (χ2n) is 18.9. The molecule has 5 aromatic rings. The highest BCUT2D eigenvalue weighted by Crippen LogP contribution is 2.40. The average Bonchev–Trinajstić information content (AvgIpc) is 3.59. The zero-order chi connectivity index (χ0) is 49.0. The van der Waals surface area contributed by atoms with Crippen LogP contribution >= 0.6 is 0 Å². The van der Waals surface area contributed by atoms with Crippen LogP contribution in [0.25, 0.3) is 10.8 Å². The van der Waals surface area contributed by atoms with Gasteiger partial charge in [-0.15, -0.1) is 0 Å². The highest BCUT2D eigenvalue weighted by atomic mass is 16.5. The van der Waals surface area contributed by atoms with Crippen molar-refractivity contribution in [2.24, 2.45) is 5.41 Å². The molecule has 1 aliphatic rings. The number of aryl methyl sites for hydroxylation is 1. The van der Waals surface area contributed by atoms with Crippen LogP contribution in [0.2, 0.25) is 0 Å². The number of phenolic OH excluding ortho intramolecular Hbond substituents is 1. The molecule has 6 rings (SSSR count). The molecule has 0 saturated carbocycles. The SMILES string of the molecule is CCCCCCCCCCCCOc1ccc(C)cc1NC(=O)c1cc(OC(=O)c2ccccc2N(C)C(=O)N2C(=O)CC(C)(COC(=O)C(C)(C)C)N2c2ccccc2)c2ccccc2c1O. The van der Waals surface area contributed by atoms with Gasteiger partial charge in [0.05, 0.1) is 46.6 Å². The van der Waals surface area contributed by atoms with E-state index in [9.17, 15) is 29.1 Å². The Bertz CT molecular complexity index is 2590. The average molecular weight is 927 g/mol. The van der Waals surface area contributed by atoms with Gasteiger partial charge in [0.2, 0.25) is 0 Å². The molecule has 0 spiro atoms. The predicted octanol–water partition coefficient (Wildman–Crippen LogP) is 12.2. The standard InChI is InChI=1S/C55H66N4O9/c1-8-9-10-11-12-13-14-15-16-24-33-66-46-32-31-38(2)34-44(46)56-50(62)43-35-47(40-27-20-21-28-41(40)49(43)61)68-51(63)42-29-22-23-30-45(42)57(7)53(65)58-48(60)36-55(6,37-67-52(64)54(3,4)5)59(58)39-25-18-17-19-26-39/h17-23,25-32,34-35,61H,8-16,24,33,36-37H2,1-7H3,(H,56,62). The number of esters is 2. The van der Waals surface area contributed by atoms with E-state index >= 15 is 0 Å². The summed E-state index contributed by atoms with van der Waals surface area (Å²) in [5, 5.41) is 17.6. The molecular weight excluding hydrogens is 861 g/mol. The van der Waals surface area contributed by atoms with Crippen molar-refractivity contribution in [1.82, 2.24) is 5.01 Å². The van der Waals surface area contributed by atoms with Gasteiger partial charge in [-0.3, -0.25) is 24.3 Å². The second-order valence-corrected chi connectivity index (χ2v) is 18.9. The number of hydrogen-bond donors (Lipinski definition) is 2. The maximum atomic E-state index is 14.6. The van der Waals surface area contributed by atoms with Gasteiger partial charge in [-0.05, 0) is 89.1 Å². The molecule has 0 bridgehead atoms. The van der Waals surface area contributed by atoms with Crippen molar-refractivity contribution in [3.63, 3.8) is 0 Å². The maximum absolute atomic E-state index is 14.6. The number of urea groups is 1. The number of imide groups is 1. The second kappa shape index (κ2) is 22.7. The molecule has 1 saturated heterocycles. The van der Waals surface area contributed by atoms with Gasteiger partial charge in [-0.1, -0.05) is 125 Å². The van der Waals surface area contributed by atoms with E-state index in [2.05, 4.69) is 12.2 Å². The number of nitrogens with zero attached hydrogens (tertiary/aromatic N) is 3. The van der Waals surface area contributed by atoms with E-state index in [1.807, 2.05) is 19.1 Å². The monoisotopic (exact) mass is 926 g/mol. The Morgan fingerprint density at radius 3 is 2.06 bits per heavy atom. The maximum Gasteiger partial charge on any atom is 0.350 e. The topological polar surface area (TPSA) is 155 Å². The number of fused-ring (bicyclic) bond motifs is 1. The first-order valence-electron chi connectivity index (χ1n) is 23.8. The fraction of sp³-hybridized carbons (Fsp3) is 0.400. The van der Waals surface area contributed by atoms with E-state index < -0.39 is 40.7 Å². The van der Waals surface area contributed by atoms with Crippen LogP contribution < -0.4 is 24.7 Å². The summed E-state index contributed by atoms with van der Waals surface area (Å²) < 4.78 is 18.0. The number of para-hydroxylation sites is 2. The summed E-state index contributed by atoms with van der Waals surface area (Å²) in [5.74, 6) is -2.33. The van der Waals surface area contributed by atoms with Crippen LogP contribution in [0.15, 0.2) is 103 Å². The van der Waals surface area contributed by atoms with E-state index in [0.717, 1.165) is 29.8 Å². The van der Waals surface area contributed by atoms with E-state index in [1.54, 1.807) is 107 Å². The lowest BCUT2D eigenvalue weighted by Gasteiger charge is -2.40. The number of anilines is 3. The number of unbranched alkanes of at least 4 members (excludes halogenated alkanes) is 9.